The van der Waals surface area contributed by atoms with E-state index in [-0.39, 0.29) is 17.8 Å². The zero-order valence-corrected chi connectivity index (χ0v) is 15.3. The topological polar surface area (TPSA) is 52.9 Å². The Hall–Kier alpha value is -3.45. The molecule has 0 saturated heterocycles. The highest BCUT2D eigenvalue weighted by atomic mass is 19.1. The Bertz CT molecular complexity index is 1050. The van der Waals surface area contributed by atoms with Gasteiger partial charge in [0.15, 0.2) is 0 Å². The second-order valence-corrected chi connectivity index (χ2v) is 7.09. The molecular weight excluding hydrogens is 351 g/mol. The van der Waals surface area contributed by atoms with E-state index in [0.29, 0.717) is 11.1 Å². The van der Waals surface area contributed by atoms with Crippen molar-refractivity contribution in [2.75, 3.05) is 0 Å². The number of rotatable bonds is 3. The second kappa shape index (κ2) is 7.66. The fourth-order valence-electron chi connectivity index (χ4n) is 3.67. The molecule has 3 nitrogen and oxygen atoms in total. The van der Waals surface area contributed by atoms with Crippen LogP contribution in [0.1, 0.15) is 33.5 Å². The summed E-state index contributed by atoms with van der Waals surface area (Å²) in [5.41, 5.74) is 5.54. The maximum Gasteiger partial charge on any atom is 0.251 e. The molecule has 0 heterocycles. The lowest BCUT2D eigenvalue weighted by molar-refractivity contribution is 0.0933. The lowest BCUT2D eigenvalue weighted by Crippen LogP contribution is -2.38. The van der Waals surface area contributed by atoms with E-state index >= 15 is 0 Å². The summed E-state index contributed by atoms with van der Waals surface area (Å²) in [5, 5.41) is 12.1. The van der Waals surface area contributed by atoms with Crippen LogP contribution in [0.25, 0.3) is 11.1 Å². The van der Waals surface area contributed by atoms with Crippen molar-refractivity contribution in [1.29, 1.82) is 5.26 Å². The molecule has 3 aromatic rings. The highest BCUT2D eigenvalue weighted by molar-refractivity contribution is 5.94. The van der Waals surface area contributed by atoms with Crippen molar-refractivity contribution in [2.24, 2.45) is 0 Å². The van der Waals surface area contributed by atoms with E-state index in [1.165, 1.54) is 23.3 Å². The van der Waals surface area contributed by atoms with Gasteiger partial charge in [0.2, 0.25) is 0 Å². The molecule has 138 valence electrons. The number of carbonyl (C=O) groups excluding carboxylic acids is 1. The molecule has 1 unspecified atom stereocenters. The van der Waals surface area contributed by atoms with Crippen LogP contribution in [0.3, 0.4) is 0 Å². The first-order valence-electron chi connectivity index (χ1n) is 9.31. The van der Waals surface area contributed by atoms with Gasteiger partial charge in [0.05, 0.1) is 11.6 Å². The zero-order chi connectivity index (χ0) is 19.5. The SMILES string of the molecule is N#Cc1ccc2c(c1)CCC(NC(=O)c1ccc(-c3ccc(F)cc3)cc1)C2. The molecule has 0 bridgehead atoms. The number of benzene rings is 3. The molecular formula is C24H19FN2O. The number of halogens is 1. The predicted molar refractivity (Wildman–Crippen MR) is 106 cm³/mol. The van der Waals surface area contributed by atoms with Crippen molar-refractivity contribution in [3.05, 3.63) is 94.8 Å². The third-order valence-electron chi connectivity index (χ3n) is 5.22. The van der Waals surface area contributed by atoms with E-state index in [4.69, 9.17) is 5.26 Å². The van der Waals surface area contributed by atoms with E-state index in [2.05, 4.69) is 11.4 Å². The zero-order valence-electron chi connectivity index (χ0n) is 15.3. The van der Waals surface area contributed by atoms with Gasteiger partial charge in [-0.25, -0.2) is 4.39 Å². The van der Waals surface area contributed by atoms with Crippen LogP contribution in [0.15, 0.2) is 66.7 Å². The average molecular weight is 370 g/mol. The van der Waals surface area contributed by atoms with Crippen LogP contribution in [-0.4, -0.2) is 11.9 Å². The molecule has 0 aliphatic heterocycles. The number of nitrogens with one attached hydrogen (secondary N) is 1. The van der Waals surface area contributed by atoms with Gasteiger partial charge in [0.1, 0.15) is 5.82 Å². The van der Waals surface area contributed by atoms with Crippen LogP contribution in [0.4, 0.5) is 4.39 Å². The third kappa shape index (κ3) is 3.79. The highest BCUT2D eigenvalue weighted by Gasteiger charge is 2.21. The van der Waals surface area contributed by atoms with Crippen LogP contribution >= 0.6 is 0 Å². The number of hydrogen-bond acceptors (Lipinski definition) is 2. The van der Waals surface area contributed by atoms with Crippen molar-refractivity contribution in [2.45, 2.75) is 25.3 Å². The minimum absolute atomic E-state index is 0.0877. The monoisotopic (exact) mass is 370 g/mol. The second-order valence-electron chi connectivity index (χ2n) is 7.09. The Labute approximate surface area is 163 Å². The fraction of sp³-hybridized carbons (Fsp3) is 0.167. The first kappa shape index (κ1) is 17.9. The van der Waals surface area contributed by atoms with Gasteiger partial charge < -0.3 is 5.32 Å². The molecule has 0 spiro atoms. The van der Waals surface area contributed by atoms with Crippen molar-refractivity contribution < 1.29 is 9.18 Å². The van der Waals surface area contributed by atoms with Gasteiger partial charge in [-0.05, 0) is 77.9 Å². The van der Waals surface area contributed by atoms with Crippen molar-refractivity contribution in [1.82, 2.24) is 5.32 Å². The largest absolute Gasteiger partial charge is 0.349 e. The minimum Gasteiger partial charge on any atom is -0.349 e. The number of aryl methyl sites for hydroxylation is 1. The van der Waals surface area contributed by atoms with Gasteiger partial charge in [0, 0.05) is 11.6 Å². The number of carbonyl (C=O) groups is 1. The Morgan fingerprint density at radius 1 is 0.964 bits per heavy atom. The van der Waals surface area contributed by atoms with E-state index in [1.54, 1.807) is 24.3 Å². The summed E-state index contributed by atoms with van der Waals surface area (Å²) in [4.78, 5) is 12.6. The molecule has 1 amide bonds. The van der Waals surface area contributed by atoms with Crippen molar-refractivity contribution in [3.8, 4) is 17.2 Å². The molecule has 0 saturated carbocycles. The first-order valence-corrected chi connectivity index (χ1v) is 9.31. The summed E-state index contributed by atoms with van der Waals surface area (Å²) in [7, 11) is 0. The normalized spacial score (nSPS) is 15.4. The lowest BCUT2D eigenvalue weighted by atomic mass is 9.87. The third-order valence-corrected chi connectivity index (χ3v) is 5.22. The Morgan fingerprint density at radius 3 is 2.32 bits per heavy atom. The Balaban J connectivity index is 1.42. The van der Waals surface area contributed by atoms with Crippen LogP contribution in [0.2, 0.25) is 0 Å². The summed E-state index contributed by atoms with van der Waals surface area (Å²) in [6.45, 7) is 0. The molecule has 0 radical (unpaired) electrons. The van der Waals surface area contributed by atoms with Gasteiger partial charge in [-0.3, -0.25) is 4.79 Å². The van der Waals surface area contributed by atoms with E-state index in [1.807, 2.05) is 30.3 Å². The molecule has 1 aliphatic carbocycles. The summed E-state index contributed by atoms with van der Waals surface area (Å²) in [6, 6.07) is 21.7. The maximum absolute atomic E-state index is 13.1. The summed E-state index contributed by atoms with van der Waals surface area (Å²) < 4.78 is 13.1. The number of hydrogen-bond donors (Lipinski definition) is 1. The molecule has 0 fully saturated rings. The quantitative estimate of drug-likeness (QED) is 0.729. The van der Waals surface area contributed by atoms with Gasteiger partial charge in [-0.1, -0.05) is 30.3 Å². The highest BCUT2D eigenvalue weighted by Crippen LogP contribution is 2.24. The predicted octanol–water partition coefficient (Wildman–Crippen LogP) is 4.65. The molecule has 4 heteroatoms. The first-order chi connectivity index (χ1) is 13.6. The van der Waals surface area contributed by atoms with Gasteiger partial charge in [-0.2, -0.15) is 5.26 Å². The van der Waals surface area contributed by atoms with E-state index < -0.39 is 0 Å². The number of nitrogens with zero attached hydrogens (tertiary/aromatic N) is 1. The average Bonchev–Trinajstić information content (AvgIpc) is 2.74. The lowest BCUT2D eigenvalue weighted by Gasteiger charge is -2.25. The number of amides is 1. The van der Waals surface area contributed by atoms with E-state index in [0.717, 1.165) is 30.4 Å². The number of nitriles is 1. The number of fused-ring (bicyclic) bond motifs is 1. The molecule has 4 rings (SSSR count). The van der Waals surface area contributed by atoms with Crippen LogP contribution < -0.4 is 5.32 Å². The molecule has 1 N–H and O–H groups in total. The van der Waals surface area contributed by atoms with Crippen LogP contribution in [0, 0.1) is 17.1 Å². The van der Waals surface area contributed by atoms with Gasteiger partial charge in [-0.15, -0.1) is 0 Å². The summed E-state index contributed by atoms with van der Waals surface area (Å²) >= 11 is 0. The van der Waals surface area contributed by atoms with Gasteiger partial charge >= 0.3 is 0 Å². The van der Waals surface area contributed by atoms with Crippen molar-refractivity contribution >= 4 is 5.91 Å². The van der Waals surface area contributed by atoms with Crippen LogP contribution in [-0.2, 0) is 12.8 Å². The minimum atomic E-state index is -0.266. The smallest absolute Gasteiger partial charge is 0.251 e. The summed E-state index contributed by atoms with van der Waals surface area (Å²) in [5.74, 6) is -0.356. The van der Waals surface area contributed by atoms with Crippen molar-refractivity contribution in [3.63, 3.8) is 0 Å². The van der Waals surface area contributed by atoms with E-state index in [9.17, 15) is 9.18 Å². The summed E-state index contributed by atoms with van der Waals surface area (Å²) in [6.07, 6.45) is 2.50. The molecule has 28 heavy (non-hydrogen) atoms. The Kier molecular flexibility index (Phi) is 4.90. The molecule has 3 aromatic carbocycles. The van der Waals surface area contributed by atoms with Gasteiger partial charge in [0.25, 0.3) is 5.91 Å². The molecule has 0 aromatic heterocycles. The molecule has 1 aliphatic rings. The maximum atomic E-state index is 13.1. The molecule has 1 atom stereocenters. The fourth-order valence-corrected chi connectivity index (χ4v) is 3.67. The Morgan fingerprint density at radius 2 is 1.64 bits per heavy atom. The standard InChI is InChI=1S/C24H19FN2O/c25-22-10-7-18(8-11-22)17-3-5-19(6-4-17)24(28)27-23-12-9-20-13-16(15-26)1-2-21(20)14-23/h1-8,10-11,13,23H,9,12,14H2,(H,27,28). The van der Waals surface area contributed by atoms with Crippen LogP contribution in [0.5, 0.6) is 0 Å².